The number of hydrogen-bond acceptors (Lipinski definition) is 6. The van der Waals surface area contributed by atoms with Crippen molar-refractivity contribution in [2.45, 2.75) is 13.3 Å². The first kappa shape index (κ1) is 17.1. The standard InChI is InChI=1S/C17H22N6O2/c1-3-13-12-15(20-16(19-13)14-6-4-5-7-18-14)21-22(2)17(24)23-8-10-25-11-9-23/h4-7,12H,3,8-11H2,1-2H3,(H,19,20,21). The highest BCUT2D eigenvalue weighted by atomic mass is 16.5. The third-order valence-corrected chi connectivity index (χ3v) is 3.89. The maximum atomic E-state index is 12.5. The Morgan fingerprint density at radius 2 is 2.12 bits per heavy atom. The summed E-state index contributed by atoms with van der Waals surface area (Å²) >= 11 is 0. The largest absolute Gasteiger partial charge is 0.378 e. The summed E-state index contributed by atoms with van der Waals surface area (Å²) in [4.78, 5) is 27.6. The van der Waals surface area contributed by atoms with Gasteiger partial charge in [-0.1, -0.05) is 13.0 Å². The highest BCUT2D eigenvalue weighted by molar-refractivity contribution is 5.75. The normalized spacial score (nSPS) is 14.2. The average Bonchev–Trinajstić information content (AvgIpc) is 2.68. The fraction of sp³-hybridized carbons (Fsp3) is 0.412. The van der Waals surface area contributed by atoms with Crippen molar-refractivity contribution in [3.63, 3.8) is 0 Å². The Bertz CT molecular complexity index is 718. The summed E-state index contributed by atoms with van der Waals surface area (Å²) in [6.45, 7) is 4.34. The smallest absolute Gasteiger partial charge is 0.338 e. The number of aryl methyl sites for hydroxylation is 1. The number of amides is 2. The van der Waals surface area contributed by atoms with Crippen LogP contribution in [0.4, 0.5) is 10.6 Å². The molecule has 1 N–H and O–H groups in total. The van der Waals surface area contributed by atoms with Gasteiger partial charge in [0.15, 0.2) is 5.82 Å². The predicted octanol–water partition coefficient (Wildman–Crippen LogP) is 1.81. The van der Waals surface area contributed by atoms with Crippen molar-refractivity contribution in [3.8, 4) is 11.5 Å². The molecule has 1 aliphatic heterocycles. The van der Waals surface area contributed by atoms with Crippen LogP contribution in [0, 0.1) is 0 Å². The number of urea groups is 1. The van der Waals surface area contributed by atoms with Crippen LogP contribution in [-0.2, 0) is 11.2 Å². The number of pyridine rings is 1. The number of nitrogens with zero attached hydrogens (tertiary/aromatic N) is 5. The molecule has 1 saturated heterocycles. The van der Waals surface area contributed by atoms with Gasteiger partial charge >= 0.3 is 6.03 Å². The van der Waals surface area contributed by atoms with Crippen LogP contribution in [0.3, 0.4) is 0 Å². The van der Waals surface area contributed by atoms with Gasteiger partial charge in [0.25, 0.3) is 0 Å². The summed E-state index contributed by atoms with van der Waals surface area (Å²) in [7, 11) is 1.69. The van der Waals surface area contributed by atoms with Crippen molar-refractivity contribution in [3.05, 3.63) is 36.2 Å². The second kappa shape index (κ2) is 7.89. The van der Waals surface area contributed by atoms with Crippen molar-refractivity contribution in [2.75, 3.05) is 38.8 Å². The van der Waals surface area contributed by atoms with E-state index < -0.39 is 0 Å². The van der Waals surface area contributed by atoms with Crippen molar-refractivity contribution in [2.24, 2.45) is 0 Å². The van der Waals surface area contributed by atoms with E-state index in [0.29, 0.717) is 43.6 Å². The van der Waals surface area contributed by atoms with E-state index in [2.05, 4.69) is 20.4 Å². The Morgan fingerprint density at radius 3 is 2.80 bits per heavy atom. The van der Waals surface area contributed by atoms with Crippen LogP contribution in [0.5, 0.6) is 0 Å². The molecule has 2 aromatic heterocycles. The quantitative estimate of drug-likeness (QED) is 0.853. The molecule has 8 nitrogen and oxygen atoms in total. The molecule has 8 heteroatoms. The first-order valence-electron chi connectivity index (χ1n) is 8.33. The van der Waals surface area contributed by atoms with E-state index >= 15 is 0 Å². The predicted molar refractivity (Wildman–Crippen MR) is 93.8 cm³/mol. The number of anilines is 1. The van der Waals surface area contributed by atoms with Crippen molar-refractivity contribution in [1.29, 1.82) is 0 Å². The second-order valence-electron chi connectivity index (χ2n) is 5.69. The van der Waals surface area contributed by atoms with Crippen molar-refractivity contribution in [1.82, 2.24) is 24.9 Å². The molecule has 0 unspecified atom stereocenters. The Hall–Kier alpha value is -2.74. The van der Waals surface area contributed by atoms with Crippen LogP contribution in [0.1, 0.15) is 12.6 Å². The van der Waals surface area contributed by atoms with Gasteiger partial charge in [0.05, 0.1) is 13.2 Å². The van der Waals surface area contributed by atoms with Gasteiger partial charge in [-0.15, -0.1) is 0 Å². The minimum absolute atomic E-state index is 0.112. The SMILES string of the molecule is CCc1cc(NN(C)C(=O)N2CCOCC2)nc(-c2ccccn2)n1. The number of morpholine rings is 1. The van der Waals surface area contributed by atoms with E-state index in [1.807, 2.05) is 31.2 Å². The van der Waals surface area contributed by atoms with Crippen molar-refractivity contribution < 1.29 is 9.53 Å². The first-order valence-corrected chi connectivity index (χ1v) is 8.33. The summed E-state index contributed by atoms with van der Waals surface area (Å²) in [5.41, 5.74) is 4.62. The number of ether oxygens (including phenoxy) is 1. The van der Waals surface area contributed by atoms with E-state index in [1.54, 1.807) is 18.1 Å². The molecule has 2 aromatic rings. The molecule has 1 aliphatic rings. The Balaban J connectivity index is 1.78. The molecular weight excluding hydrogens is 320 g/mol. The van der Waals surface area contributed by atoms with Gasteiger partial charge in [-0.25, -0.2) is 19.8 Å². The van der Waals surface area contributed by atoms with Gasteiger partial charge in [-0.2, -0.15) is 0 Å². The molecule has 0 radical (unpaired) electrons. The summed E-state index contributed by atoms with van der Waals surface area (Å²) in [6.07, 6.45) is 2.47. The first-order chi connectivity index (χ1) is 12.2. The molecule has 0 aromatic carbocycles. The van der Waals surface area contributed by atoms with E-state index in [9.17, 15) is 4.79 Å². The molecule has 3 heterocycles. The van der Waals surface area contributed by atoms with E-state index in [4.69, 9.17) is 4.74 Å². The van der Waals surface area contributed by atoms with E-state index in [-0.39, 0.29) is 6.03 Å². The zero-order valence-electron chi connectivity index (χ0n) is 14.5. The molecular formula is C17H22N6O2. The van der Waals surface area contributed by atoms with Gasteiger partial charge < -0.3 is 9.64 Å². The van der Waals surface area contributed by atoms with Crippen LogP contribution in [0.2, 0.25) is 0 Å². The van der Waals surface area contributed by atoms with E-state index in [0.717, 1.165) is 12.1 Å². The number of hydrazine groups is 1. The molecule has 132 valence electrons. The molecule has 0 atom stereocenters. The fourth-order valence-electron chi connectivity index (χ4n) is 2.53. The zero-order valence-corrected chi connectivity index (χ0v) is 14.5. The summed E-state index contributed by atoms with van der Waals surface area (Å²) in [5.74, 6) is 1.10. The van der Waals surface area contributed by atoms with Crippen LogP contribution in [0.25, 0.3) is 11.5 Å². The third-order valence-electron chi connectivity index (χ3n) is 3.89. The number of hydrogen-bond donors (Lipinski definition) is 1. The molecule has 0 bridgehead atoms. The Kier molecular flexibility index (Phi) is 5.39. The number of aromatic nitrogens is 3. The number of rotatable bonds is 4. The Labute approximate surface area is 146 Å². The lowest BCUT2D eigenvalue weighted by molar-refractivity contribution is 0.0469. The van der Waals surface area contributed by atoms with Crippen LogP contribution in [0.15, 0.2) is 30.5 Å². The maximum Gasteiger partial charge on any atom is 0.338 e. The number of carbonyl (C=O) groups is 1. The Morgan fingerprint density at radius 1 is 1.32 bits per heavy atom. The van der Waals surface area contributed by atoms with Crippen LogP contribution in [-0.4, -0.2) is 64.2 Å². The van der Waals surface area contributed by atoms with Gasteiger partial charge in [0, 0.05) is 38.1 Å². The van der Waals surface area contributed by atoms with Gasteiger partial charge in [-0.3, -0.25) is 10.4 Å². The summed E-state index contributed by atoms with van der Waals surface area (Å²) in [6, 6.07) is 7.34. The molecule has 0 spiro atoms. The molecule has 1 fully saturated rings. The molecule has 0 aliphatic carbocycles. The molecule has 2 amide bonds. The fourth-order valence-corrected chi connectivity index (χ4v) is 2.53. The zero-order chi connectivity index (χ0) is 17.6. The summed E-state index contributed by atoms with van der Waals surface area (Å²) in [5, 5.41) is 1.44. The van der Waals surface area contributed by atoms with Crippen molar-refractivity contribution >= 4 is 11.8 Å². The molecule has 0 saturated carbocycles. The number of carbonyl (C=O) groups excluding carboxylic acids is 1. The third kappa shape index (κ3) is 4.21. The van der Waals surface area contributed by atoms with Crippen LogP contribution < -0.4 is 5.43 Å². The minimum atomic E-state index is -0.112. The number of nitrogens with one attached hydrogen (secondary N) is 1. The maximum absolute atomic E-state index is 12.5. The highest BCUT2D eigenvalue weighted by Gasteiger charge is 2.21. The minimum Gasteiger partial charge on any atom is -0.378 e. The lowest BCUT2D eigenvalue weighted by Gasteiger charge is -2.31. The monoisotopic (exact) mass is 342 g/mol. The van der Waals surface area contributed by atoms with Gasteiger partial charge in [0.2, 0.25) is 0 Å². The topological polar surface area (TPSA) is 83.5 Å². The van der Waals surface area contributed by atoms with Gasteiger partial charge in [-0.05, 0) is 18.6 Å². The lowest BCUT2D eigenvalue weighted by Crippen LogP contribution is -2.48. The van der Waals surface area contributed by atoms with E-state index in [1.165, 1.54) is 5.01 Å². The second-order valence-corrected chi connectivity index (χ2v) is 5.69. The highest BCUT2D eigenvalue weighted by Crippen LogP contribution is 2.16. The van der Waals surface area contributed by atoms with Gasteiger partial charge in [0.1, 0.15) is 11.5 Å². The molecule has 25 heavy (non-hydrogen) atoms. The average molecular weight is 342 g/mol. The summed E-state index contributed by atoms with van der Waals surface area (Å²) < 4.78 is 5.28. The van der Waals surface area contributed by atoms with Crippen LogP contribution >= 0.6 is 0 Å². The lowest BCUT2D eigenvalue weighted by atomic mass is 10.3. The molecule has 3 rings (SSSR count).